The summed E-state index contributed by atoms with van der Waals surface area (Å²) in [5, 5.41) is 9.59. The molecule has 0 bridgehead atoms. The van der Waals surface area contributed by atoms with E-state index in [9.17, 15) is 9.59 Å². The minimum atomic E-state index is 0.0285. The van der Waals surface area contributed by atoms with Gasteiger partial charge in [-0.05, 0) is 54.7 Å². The Balaban J connectivity index is 1.56. The van der Waals surface area contributed by atoms with Crippen molar-refractivity contribution in [3.8, 4) is 0 Å². The molecular weight excluding hydrogens is 414 g/mol. The van der Waals surface area contributed by atoms with E-state index in [1.165, 1.54) is 0 Å². The van der Waals surface area contributed by atoms with E-state index >= 15 is 0 Å². The molecule has 0 spiro atoms. The molecule has 2 amide bonds. The highest BCUT2D eigenvalue weighted by Crippen LogP contribution is 2.21. The van der Waals surface area contributed by atoms with Gasteiger partial charge in [0.05, 0.1) is 6.54 Å². The first-order valence-corrected chi connectivity index (χ1v) is 11.7. The molecule has 2 aromatic carbocycles. The second-order valence-electron chi connectivity index (χ2n) is 8.71. The van der Waals surface area contributed by atoms with Gasteiger partial charge in [-0.2, -0.15) is 0 Å². The summed E-state index contributed by atoms with van der Waals surface area (Å²) in [7, 11) is 0. The van der Waals surface area contributed by atoms with Gasteiger partial charge in [0.2, 0.25) is 11.8 Å². The lowest BCUT2D eigenvalue weighted by atomic mass is 10.1. The Morgan fingerprint density at radius 3 is 2.55 bits per heavy atom. The number of anilines is 2. The normalized spacial score (nSPS) is 14.0. The van der Waals surface area contributed by atoms with Crippen molar-refractivity contribution in [3.05, 3.63) is 59.7 Å². The molecule has 1 saturated heterocycles. The van der Waals surface area contributed by atoms with E-state index in [2.05, 4.69) is 20.9 Å². The number of hydrogen-bond acceptors (Lipinski definition) is 3. The van der Waals surface area contributed by atoms with Crippen molar-refractivity contribution in [2.24, 2.45) is 10.9 Å². The number of nitrogens with one attached hydrogen (secondary N) is 3. The molecule has 1 aliphatic rings. The maximum absolute atomic E-state index is 12.0. The van der Waals surface area contributed by atoms with Gasteiger partial charge in [-0.3, -0.25) is 9.59 Å². The standard InChI is InChI=1S/C26H35N5O2/c1-4-27-26(28-17-20-10-12-23(13-11-20)31-14-6-9-25(31)33)29-18-21-7-5-8-22(16-21)30-24(32)15-19(2)3/h5,7-8,10-13,16,19H,4,6,9,14-15,17-18H2,1-3H3,(H,30,32)(H2,27,28,29). The van der Waals surface area contributed by atoms with Crippen LogP contribution in [-0.4, -0.2) is 30.9 Å². The van der Waals surface area contributed by atoms with Gasteiger partial charge >= 0.3 is 0 Å². The van der Waals surface area contributed by atoms with Crippen LogP contribution in [0.4, 0.5) is 11.4 Å². The molecule has 33 heavy (non-hydrogen) atoms. The number of carbonyl (C=O) groups is 2. The second kappa shape index (κ2) is 12.0. The molecule has 0 radical (unpaired) electrons. The first-order chi connectivity index (χ1) is 15.9. The predicted molar refractivity (Wildman–Crippen MR) is 134 cm³/mol. The van der Waals surface area contributed by atoms with Crippen molar-refractivity contribution in [2.45, 2.75) is 53.1 Å². The van der Waals surface area contributed by atoms with Crippen LogP contribution in [0.2, 0.25) is 0 Å². The predicted octanol–water partition coefficient (Wildman–Crippen LogP) is 4.05. The SMILES string of the molecule is CCNC(=NCc1cccc(NC(=O)CC(C)C)c1)NCc1ccc(N2CCCC2=O)cc1. The van der Waals surface area contributed by atoms with Crippen molar-refractivity contribution in [2.75, 3.05) is 23.3 Å². The summed E-state index contributed by atoms with van der Waals surface area (Å²) >= 11 is 0. The van der Waals surface area contributed by atoms with Crippen molar-refractivity contribution in [3.63, 3.8) is 0 Å². The molecule has 3 N–H and O–H groups in total. The average Bonchev–Trinajstić information content (AvgIpc) is 3.21. The summed E-state index contributed by atoms with van der Waals surface area (Å²) in [4.78, 5) is 30.5. The number of aliphatic imine (C=N–C) groups is 1. The third kappa shape index (κ3) is 7.63. The minimum absolute atomic E-state index is 0.0285. The molecule has 1 fully saturated rings. The lowest BCUT2D eigenvalue weighted by Crippen LogP contribution is -2.36. The third-order valence-corrected chi connectivity index (χ3v) is 5.35. The van der Waals surface area contributed by atoms with Gasteiger partial charge in [0.25, 0.3) is 0 Å². The van der Waals surface area contributed by atoms with E-state index in [0.717, 1.165) is 48.0 Å². The number of rotatable bonds is 9. The summed E-state index contributed by atoms with van der Waals surface area (Å²) in [5.41, 5.74) is 3.89. The van der Waals surface area contributed by atoms with Crippen molar-refractivity contribution >= 4 is 29.1 Å². The Hall–Kier alpha value is -3.35. The van der Waals surface area contributed by atoms with Crippen molar-refractivity contribution in [1.82, 2.24) is 10.6 Å². The number of guanidine groups is 1. The maximum atomic E-state index is 12.0. The molecule has 2 aromatic rings. The van der Waals surface area contributed by atoms with Gasteiger partial charge in [-0.1, -0.05) is 38.1 Å². The van der Waals surface area contributed by atoms with Crippen LogP contribution in [0, 0.1) is 5.92 Å². The summed E-state index contributed by atoms with van der Waals surface area (Å²) < 4.78 is 0. The molecule has 0 unspecified atom stereocenters. The van der Waals surface area contributed by atoms with Crippen LogP contribution in [0.5, 0.6) is 0 Å². The van der Waals surface area contributed by atoms with Crippen molar-refractivity contribution < 1.29 is 9.59 Å². The van der Waals surface area contributed by atoms with Gasteiger partial charge < -0.3 is 20.9 Å². The second-order valence-corrected chi connectivity index (χ2v) is 8.71. The number of hydrogen-bond donors (Lipinski definition) is 3. The molecule has 0 aromatic heterocycles. The number of nitrogens with zero attached hydrogens (tertiary/aromatic N) is 2. The van der Waals surface area contributed by atoms with E-state index in [1.54, 1.807) is 0 Å². The summed E-state index contributed by atoms with van der Waals surface area (Å²) in [6, 6.07) is 15.9. The smallest absolute Gasteiger partial charge is 0.227 e. The fourth-order valence-corrected chi connectivity index (χ4v) is 3.74. The highest BCUT2D eigenvalue weighted by molar-refractivity contribution is 5.95. The Labute approximate surface area is 196 Å². The van der Waals surface area contributed by atoms with Crippen LogP contribution < -0.4 is 20.9 Å². The summed E-state index contributed by atoms with van der Waals surface area (Å²) in [6.07, 6.45) is 2.07. The average molecular weight is 450 g/mol. The molecular formula is C26H35N5O2. The zero-order valence-electron chi connectivity index (χ0n) is 19.9. The van der Waals surface area contributed by atoms with Crippen LogP contribution in [-0.2, 0) is 22.7 Å². The van der Waals surface area contributed by atoms with Crippen LogP contribution in [0.3, 0.4) is 0 Å². The zero-order chi connectivity index (χ0) is 23.6. The summed E-state index contributed by atoms with van der Waals surface area (Å²) in [5.74, 6) is 1.28. The minimum Gasteiger partial charge on any atom is -0.357 e. The Morgan fingerprint density at radius 2 is 1.88 bits per heavy atom. The molecule has 0 atom stereocenters. The lowest BCUT2D eigenvalue weighted by molar-refractivity contribution is -0.117. The topological polar surface area (TPSA) is 85.8 Å². The lowest BCUT2D eigenvalue weighted by Gasteiger charge is -2.16. The van der Waals surface area contributed by atoms with E-state index < -0.39 is 0 Å². The van der Waals surface area contributed by atoms with Gasteiger partial charge in [-0.15, -0.1) is 0 Å². The van der Waals surface area contributed by atoms with Crippen LogP contribution in [0.1, 0.15) is 51.2 Å². The van der Waals surface area contributed by atoms with Crippen LogP contribution in [0.25, 0.3) is 0 Å². The van der Waals surface area contributed by atoms with Gasteiger partial charge in [0, 0.05) is 43.9 Å². The molecule has 1 heterocycles. The first kappa shape index (κ1) is 24.3. The summed E-state index contributed by atoms with van der Waals surface area (Å²) in [6.45, 7) is 8.78. The number of benzene rings is 2. The van der Waals surface area contributed by atoms with Crippen molar-refractivity contribution in [1.29, 1.82) is 0 Å². The first-order valence-electron chi connectivity index (χ1n) is 11.7. The molecule has 7 nitrogen and oxygen atoms in total. The maximum Gasteiger partial charge on any atom is 0.227 e. The molecule has 7 heteroatoms. The molecule has 176 valence electrons. The monoisotopic (exact) mass is 449 g/mol. The molecule has 0 saturated carbocycles. The third-order valence-electron chi connectivity index (χ3n) is 5.35. The van der Waals surface area contributed by atoms with Crippen LogP contribution >= 0.6 is 0 Å². The Bertz CT molecular complexity index is 969. The van der Waals surface area contributed by atoms with E-state index in [0.29, 0.717) is 31.8 Å². The Morgan fingerprint density at radius 1 is 1.09 bits per heavy atom. The zero-order valence-corrected chi connectivity index (χ0v) is 19.9. The number of carbonyl (C=O) groups excluding carboxylic acids is 2. The highest BCUT2D eigenvalue weighted by Gasteiger charge is 2.21. The Kier molecular flexibility index (Phi) is 8.87. The number of amides is 2. The fourth-order valence-electron chi connectivity index (χ4n) is 3.74. The van der Waals surface area contributed by atoms with E-state index in [4.69, 9.17) is 0 Å². The molecule has 3 rings (SSSR count). The van der Waals surface area contributed by atoms with Crippen LogP contribution in [0.15, 0.2) is 53.5 Å². The van der Waals surface area contributed by atoms with Gasteiger partial charge in [0.15, 0.2) is 5.96 Å². The molecule has 0 aliphatic carbocycles. The highest BCUT2D eigenvalue weighted by atomic mass is 16.2. The van der Waals surface area contributed by atoms with E-state index in [1.807, 2.05) is 74.2 Å². The van der Waals surface area contributed by atoms with E-state index in [-0.39, 0.29) is 11.8 Å². The van der Waals surface area contributed by atoms with Gasteiger partial charge in [-0.25, -0.2) is 4.99 Å². The van der Waals surface area contributed by atoms with Gasteiger partial charge in [0.1, 0.15) is 0 Å². The quantitative estimate of drug-likeness (QED) is 0.398. The fraction of sp³-hybridized carbons (Fsp3) is 0.423. The largest absolute Gasteiger partial charge is 0.357 e. The molecule has 1 aliphatic heterocycles.